The Kier molecular flexibility index (Phi) is 6.92. The lowest BCUT2D eigenvalue weighted by Crippen LogP contribution is -2.35. The van der Waals surface area contributed by atoms with Crippen LogP contribution < -0.4 is 10.2 Å². The van der Waals surface area contributed by atoms with Crippen LogP contribution in [0.4, 0.5) is 5.69 Å². The van der Waals surface area contributed by atoms with E-state index in [0.29, 0.717) is 23.9 Å². The number of carbonyl (C=O) groups is 1. The molecule has 0 aliphatic carbocycles. The summed E-state index contributed by atoms with van der Waals surface area (Å²) >= 11 is 1.13. The van der Waals surface area contributed by atoms with Crippen LogP contribution in [0.5, 0.6) is 0 Å². The maximum absolute atomic E-state index is 12.7. The third-order valence-corrected chi connectivity index (χ3v) is 7.36. The predicted molar refractivity (Wildman–Crippen MR) is 129 cm³/mol. The van der Waals surface area contributed by atoms with Gasteiger partial charge in [0.15, 0.2) is 5.17 Å². The first-order chi connectivity index (χ1) is 15.5. The Balaban J connectivity index is 1.46. The van der Waals surface area contributed by atoms with Crippen LogP contribution in [0, 0.1) is 0 Å². The lowest BCUT2D eigenvalue weighted by atomic mass is 10.1. The number of hydrogen-bond acceptors (Lipinski definition) is 5. The van der Waals surface area contributed by atoms with Crippen LogP contribution in [0.1, 0.15) is 11.1 Å². The molecule has 0 aromatic heterocycles. The minimum Gasteiger partial charge on any atom is -0.355 e. The van der Waals surface area contributed by atoms with E-state index in [9.17, 15) is 13.2 Å². The van der Waals surface area contributed by atoms with Crippen LogP contribution in [0.15, 0.2) is 94.2 Å². The van der Waals surface area contributed by atoms with Crippen molar-refractivity contribution in [2.24, 2.45) is 4.40 Å². The minimum absolute atomic E-state index is 0.0800. The van der Waals surface area contributed by atoms with Gasteiger partial charge in [0, 0.05) is 6.54 Å². The summed E-state index contributed by atoms with van der Waals surface area (Å²) in [4.78, 5) is 14.4. The summed E-state index contributed by atoms with van der Waals surface area (Å²) in [5.74, 6) is -0.0825. The molecule has 0 radical (unpaired) electrons. The number of amidine groups is 1. The van der Waals surface area contributed by atoms with Crippen molar-refractivity contribution >= 4 is 38.5 Å². The second-order valence-electron chi connectivity index (χ2n) is 7.26. The number of nitrogens with one attached hydrogen (secondary N) is 1. The third-order valence-electron chi connectivity index (χ3n) is 4.96. The van der Waals surface area contributed by atoms with Crippen LogP contribution in [-0.4, -0.2) is 31.8 Å². The zero-order valence-electron chi connectivity index (χ0n) is 17.3. The van der Waals surface area contributed by atoms with E-state index in [1.54, 1.807) is 24.3 Å². The van der Waals surface area contributed by atoms with E-state index in [1.807, 2.05) is 65.6 Å². The Bertz CT molecular complexity index is 1210. The summed E-state index contributed by atoms with van der Waals surface area (Å²) in [6, 6.07) is 26.5. The van der Waals surface area contributed by atoms with Gasteiger partial charge in [0.05, 0.1) is 18.0 Å². The number of nitrogens with zero attached hydrogens (tertiary/aromatic N) is 2. The van der Waals surface area contributed by atoms with Crippen LogP contribution in [0.3, 0.4) is 0 Å². The average molecular weight is 466 g/mol. The zero-order chi connectivity index (χ0) is 22.4. The van der Waals surface area contributed by atoms with Gasteiger partial charge in [0.1, 0.15) is 4.90 Å². The molecule has 3 aromatic rings. The normalized spacial score (nSPS) is 14.4. The van der Waals surface area contributed by atoms with Crippen molar-refractivity contribution in [1.29, 1.82) is 0 Å². The van der Waals surface area contributed by atoms with Crippen molar-refractivity contribution in [2.75, 3.05) is 17.2 Å². The molecular formula is C24H23N3O3S2. The molecule has 6 nitrogen and oxygen atoms in total. The van der Waals surface area contributed by atoms with E-state index < -0.39 is 10.0 Å². The van der Waals surface area contributed by atoms with Gasteiger partial charge >= 0.3 is 0 Å². The molecule has 1 amide bonds. The van der Waals surface area contributed by atoms with E-state index in [1.165, 1.54) is 0 Å². The van der Waals surface area contributed by atoms with Crippen LogP contribution in [0.25, 0.3) is 0 Å². The van der Waals surface area contributed by atoms with Crippen molar-refractivity contribution in [3.63, 3.8) is 0 Å². The molecule has 0 bridgehead atoms. The lowest BCUT2D eigenvalue weighted by molar-refractivity contribution is -0.118. The van der Waals surface area contributed by atoms with E-state index in [2.05, 4.69) is 9.71 Å². The molecule has 0 unspecified atom stereocenters. The SMILES string of the molecule is O=C(CSC1=NS(=O)(=O)c2ccccc2N1Cc1ccccc1)NCCc1ccccc1. The summed E-state index contributed by atoms with van der Waals surface area (Å²) in [5, 5.41) is 3.19. The first-order valence-corrected chi connectivity index (χ1v) is 12.6. The summed E-state index contributed by atoms with van der Waals surface area (Å²) < 4.78 is 29.5. The predicted octanol–water partition coefficient (Wildman–Crippen LogP) is 3.84. The fraction of sp³-hybridized carbons (Fsp3) is 0.167. The third kappa shape index (κ3) is 5.38. The molecule has 164 valence electrons. The Labute approximate surface area is 192 Å². The first-order valence-electron chi connectivity index (χ1n) is 10.2. The second-order valence-corrected chi connectivity index (χ2v) is 9.78. The summed E-state index contributed by atoms with van der Waals surface area (Å²) in [5.41, 5.74) is 2.73. The topological polar surface area (TPSA) is 78.8 Å². The van der Waals surface area contributed by atoms with Gasteiger partial charge in [-0.3, -0.25) is 4.79 Å². The standard InChI is InChI=1S/C24H23N3O3S2/c28-23(25-16-15-19-9-3-1-4-10-19)18-31-24-26-32(29,30)22-14-8-7-13-21(22)27(24)17-20-11-5-2-6-12-20/h1-14H,15-18H2,(H,25,28). The monoisotopic (exact) mass is 465 g/mol. The van der Waals surface area contributed by atoms with Gasteiger partial charge in [0.25, 0.3) is 10.0 Å². The smallest absolute Gasteiger partial charge is 0.286 e. The largest absolute Gasteiger partial charge is 0.355 e. The number of rotatable bonds is 7. The van der Waals surface area contributed by atoms with Crippen molar-refractivity contribution in [1.82, 2.24) is 5.32 Å². The number of sulfonamides is 1. The highest BCUT2D eigenvalue weighted by atomic mass is 32.2. The highest BCUT2D eigenvalue weighted by molar-refractivity contribution is 8.15. The number of anilines is 1. The number of benzene rings is 3. The van der Waals surface area contributed by atoms with E-state index >= 15 is 0 Å². The molecule has 0 atom stereocenters. The van der Waals surface area contributed by atoms with Gasteiger partial charge in [-0.1, -0.05) is 84.6 Å². The maximum atomic E-state index is 12.7. The molecule has 1 aliphatic heterocycles. The second kappa shape index (κ2) is 10.0. The van der Waals surface area contributed by atoms with Gasteiger partial charge in [-0.15, -0.1) is 4.40 Å². The van der Waals surface area contributed by atoms with Crippen LogP contribution in [-0.2, 0) is 27.8 Å². The number of fused-ring (bicyclic) bond motifs is 1. The van der Waals surface area contributed by atoms with E-state index in [0.717, 1.165) is 29.3 Å². The minimum atomic E-state index is -3.82. The van der Waals surface area contributed by atoms with Crippen LogP contribution >= 0.6 is 11.8 Å². The molecule has 1 N–H and O–H groups in total. The Morgan fingerprint density at radius 3 is 2.22 bits per heavy atom. The number of amides is 1. The molecule has 0 saturated carbocycles. The van der Waals surface area contributed by atoms with Crippen molar-refractivity contribution in [2.45, 2.75) is 17.9 Å². The summed E-state index contributed by atoms with van der Waals surface area (Å²) in [6.07, 6.45) is 0.736. The molecule has 1 heterocycles. The van der Waals surface area contributed by atoms with Gasteiger partial charge in [-0.25, -0.2) is 0 Å². The van der Waals surface area contributed by atoms with Crippen molar-refractivity contribution < 1.29 is 13.2 Å². The number of thioether (sulfide) groups is 1. The average Bonchev–Trinajstić information content (AvgIpc) is 2.81. The van der Waals surface area contributed by atoms with Gasteiger partial charge < -0.3 is 10.2 Å². The summed E-state index contributed by atoms with van der Waals surface area (Å²) in [6.45, 7) is 0.972. The molecular weight excluding hydrogens is 442 g/mol. The Morgan fingerprint density at radius 2 is 1.50 bits per heavy atom. The molecule has 4 rings (SSSR count). The fourth-order valence-electron chi connectivity index (χ4n) is 3.40. The molecule has 0 saturated heterocycles. The Morgan fingerprint density at radius 1 is 0.875 bits per heavy atom. The highest BCUT2D eigenvalue weighted by Crippen LogP contribution is 2.35. The van der Waals surface area contributed by atoms with Crippen LogP contribution in [0.2, 0.25) is 0 Å². The summed E-state index contributed by atoms with van der Waals surface area (Å²) in [7, 11) is -3.82. The van der Waals surface area contributed by atoms with Crippen molar-refractivity contribution in [3.05, 3.63) is 96.1 Å². The molecule has 0 fully saturated rings. The van der Waals surface area contributed by atoms with Crippen molar-refractivity contribution in [3.8, 4) is 0 Å². The van der Waals surface area contributed by atoms with E-state index in [4.69, 9.17) is 0 Å². The number of para-hydroxylation sites is 1. The molecule has 32 heavy (non-hydrogen) atoms. The maximum Gasteiger partial charge on any atom is 0.286 e. The number of carbonyl (C=O) groups excluding carboxylic acids is 1. The quantitative estimate of drug-likeness (QED) is 0.574. The molecule has 8 heteroatoms. The van der Waals surface area contributed by atoms with Gasteiger partial charge in [-0.2, -0.15) is 8.42 Å². The lowest BCUT2D eigenvalue weighted by Gasteiger charge is -2.30. The molecule has 0 spiro atoms. The van der Waals surface area contributed by atoms with Gasteiger partial charge in [0.2, 0.25) is 5.91 Å². The molecule has 3 aromatic carbocycles. The first kappa shape index (κ1) is 22.1. The fourth-order valence-corrected chi connectivity index (χ4v) is 5.68. The zero-order valence-corrected chi connectivity index (χ0v) is 19.0. The highest BCUT2D eigenvalue weighted by Gasteiger charge is 2.31. The Hall–Kier alpha value is -3.10. The number of hydrogen-bond donors (Lipinski definition) is 1. The van der Waals surface area contributed by atoms with E-state index in [-0.39, 0.29) is 16.6 Å². The van der Waals surface area contributed by atoms with Gasteiger partial charge in [-0.05, 0) is 29.7 Å². The molecule has 1 aliphatic rings.